The van der Waals surface area contributed by atoms with Crippen LogP contribution in [0.3, 0.4) is 0 Å². The van der Waals surface area contributed by atoms with E-state index < -0.39 is 0 Å². The average molecular weight is 250 g/mol. The lowest BCUT2D eigenvalue weighted by Crippen LogP contribution is -2.27. The number of allylic oxidation sites excluding steroid dienone is 1. The average Bonchev–Trinajstić information content (AvgIpc) is 2.82. The first kappa shape index (κ1) is 13.8. The molecule has 0 bridgehead atoms. The van der Waals surface area contributed by atoms with E-state index in [1.54, 1.807) is 0 Å². The Kier molecular flexibility index (Phi) is 4.99. The van der Waals surface area contributed by atoms with Crippen molar-refractivity contribution in [2.45, 2.75) is 58.8 Å². The highest BCUT2D eigenvalue weighted by Crippen LogP contribution is 2.40. The molecule has 2 nitrogen and oxygen atoms in total. The molecule has 0 spiro atoms. The topological polar surface area (TPSA) is 26.3 Å². The molecule has 1 aliphatic heterocycles. The molecule has 0 saturated carbocycles. The predicted octanol–water partition coefficient (Wildman–Crippen LogP) is 3.90. The summed E-state index contributed by atoms with van der Waals surface area (Å²) in [5.74, 6) is 1.46. The summed E-state index contributed by atoms with van der Waals surface area (Å²) in [5.41, 5.74) is 2.64. The van der Waals surface area contributed by atoms with E-state index in [1.807, 2.05) is 0 Å². The fourth-order valence-corrected chi connectivity index (χ4v) is 3.31. The van der Waals surface area contributed by atoms with Crippen molar-refractivity contribution in [1.29, 1.82) is 0 Å². The lowest BCUT2D eigenvalue weighted by atomic mass is 9.73. The highest BCUT2D eigenvalue weighted by Gasteiger charge is 2.38. The predicted molar refractivity (Wildman–Crippen MR) is 73.5 cm³/mol. The van der Waals surface area contributed by atoms with Gasteiger partial charge in [-0.05, 0) is 37.2 Å². The summed E-state index contributed by atoms with van der Waals surface area (Å²) in [4.78, 5) is 12.3. The van der Waals surface area contributed by atoms with Crippen LogP contribution in [0.15, 0.2) is 11.1 Å². The van der Waals surface area contributed by atoms with Crippen LogP contribution in [-0.2, 0) is 9.53 Å². The Morgan fingerprint density at radius 3 is 2.56 bits per heavy atom. The van der Waals surface area contributed by atoms with E-state index in [4.69, 9.17) is 4.74 Å². The number of fused-ring (bicyclic) bond motifs is 1. The summed E-state index contributed by atoms with van der Waals surface area (Å²) in [6.45, 7) is 6.07. The van der Waals surface area contributed by atoms with E-state index >= 15 is 0 Å². The number of hydrogen-bond donors (Lipinski definition) is 0. The van der Waals surface area contributed by atoms with Crippen molar-refractivity contribution in [3.63, 3.8) is 0 Å². The number of ketones is 1. The van der Waals surface area contributed by atoms with Gasteiger partial charge < -0.3 is 4.74 Å². The second kappa shape index (κ2) is 6.51. The van der Waals surface area contributed by atoms with Gasteiger partial charge in [0.1, 0.15) is 0 Å². The first-order chi connectivity index (χ1) is 8.77. The van der Waals surface area contributed by atoms with Gasteiger partial charge in [0.25, 0.3) is 0 Å². The third-order valence-corrected chi connectivity index (χ3v) is 4.40. The number of unbranched alkanes of at least 4 members (excludes halogenated alkanes) is 2. The Morgan fingerprint density at radius 2 is 1.83 bits per heavy atom. The van der Waals surface area contributed by atoms with Crippen molar-refractivity contribution in [1.82, 2.24) is 0 Å². The maximum absolute atomic E-state index is 12.3. The maximum Gasteiger partial charge on any atom is 0.159 e. The fourth-order valence-electron chi connectivity index (χ4n) is 3.31. The molecule has 0 aromatic rings. The van der Waals surface area contributed by atoms with E-state index in [-0.39, 0.29) is 0 Å². The van der Waals surface area contributed by atoms with Crippen LogP contribution in [0.25, 0.3) is 0 Å². The van der Waals surface area contributed by atoms with Crippen LogP contribution in [0.1, 0.15) is 58.8 Å². The van der Waals surface area contributed by atoms with Gasteiger partial charge >= 0.3 is 0 Å². The van der Waals surface area contributed by atoms with Crippen molar-refractivity contribution in [3.05, 3.63) is 11.1 Å². The zero-order chi connectivity index (χ0) is 13.0. The van der Waals surface area contributed by atoms with E-state index in [0.29, 0.717) is 17.6 Å². The molecule has 0 N–H and O–H groups in total. The maximum atomic E-state index is 12.3. The van der Waals surface area contributed by atoms with Gasteiger partial charge in [0.05, 0.1) is 13.2 Å². The number of carbonyl (C=O) groups is 1. The second-order valence-electron chi connectivity index (χ2n) is 5.74. The van der Waals surface area contributed by atoms with Gasteiger partial charge in [0.2, 0.25) is 0 Å². The molecule has 0 aromatic carbocycles. The lowest BCUT2D eigenvalue weighted by molar-refractivity contribution is -0.117. The molecule has 2 atom stereocenters. The molecule has 18 heavy (non-hydrogen) atoms. The summed E-state index contributed by atoms with van der Waals surface area (Å²) < 4.78 is 5.62. The molecule has 102 valence electrons. The van der Waals surface area contributed by atoms with Crippen LogP contribution >= 0.6 is 0 Å². The standard InChI is InChI=1S/C16H26O2/c1-3-5-7-13-14(8-6-4-2)16(17)9-12-10-18-11-15(12)13/h12,15H,3-11H2,1-2H3/t12-,15-/m0/s1. The van der Waals surface area contributed by atoms with Crippen molar-refractivity contribution in [2.24, 2.45) is 11.8 Å². The number of hydrogen-bond acceptors (Lipinski definition) is 2. The lowest BCUT2D eigenvalue weighted by Gasteiger charge is -2.29. The van der Waals surface area contributed by atoms with Crippen LogP contribution in [0, 0.1) is 11.8 Å². The van der Waals surface area contributed by atoms with Gasteiger partial charge in [0, 0.05) is 12.3 Å². The Hall–Kier alpha value is -0.630. The molecule has 1 saturated heterocycles. The molecule has 0 amide bonds. The smallest absolute Gasteiger partial charge is 0.159 e. The largest absolute Gasteiger partial charge is 0.380 e. The van der Waals surface area contributed by atoms with Crippen LogP contribution in [0.5, 0.6) is 0 Å². The molecule has 0 unspecified atom stereocenters. The third-order valence-electron chi connectivity index (χ3n) is 4.40. The minimum Gasteiger partial charge on any atom is -0.380 e. The van der Waals surface area contributed by atoms with E-state index in [1.165, 1.54) is 30.4 Å². The molecular weight excluding hydrogens is 224 g/mol. The highest BCUT2D eigenvalue weighted by molar-refractivity contribution is 5.97. The zero-order valence-electron chi connectivity index (χ0n) is 11.8. The first-order valence-corrected chi connectivity index (χ1v) is 7.60. The summed E-state index contributed by atoms with van der Waals surface area (Å²) >= 11 is 0. The summed E-state index contributed by atoms with van der Waals surface area (Å²) in [6, 6.07) is 0. The molecule has 2 aliphatic rings. The van der Waals surface area contributed by atoms with Crippen molar-refractivity contribution in [2.75, 3.05) is 13.2 Å². The summed E-state index contributed by atoms with van der Waals surface area (Å²) in [6.07, 6.45) is 7.58. The number of ether oxygens (including phenoxy) is 1. The molecule has 0 radical (unpaired) electrons. The Labute approximate surface area is 111 Å². The normalized spacial score (nSPS) is 27.8. The zero-order valence-corrected chi connectivity index (χ0v) is 11.8. The van der Waals surface area contributed by atoms with Crippen LogP contribution < -0.4 is 0 Å². The summed E-state index contributed by atoms with van der Waals surface area (Å²) in [7, 11) is 0. The van der Waals surface area contributed by atoms with Gasteiger partial charge in [-0.2, -0.15) is 0 Å². The van der Waals surface area contributed by atoms with Crippen molar-refractivity contribution in [3.8, 4) is 0 Å². The number of Topliss-reactive ketones (excluding diaryl/α,β-unsaturated/α-hetero) is 1. The Bertz CT molecular complexity index is 330. The van der Waals surface area contributed by atoms with Gasteiger partial charge in [-0.1, -0.05) is 32.3 Å². The Morgan fingerprint density at radius 1 is 1.11 bits per heavy atom. The quantitative estimate of drug-likeness (QED) is 0.714. The van der Waals surface area contributed by atoms with E-state index in [2.05, 4.69) is 13.8 Å². The molecule has 1 fully saturated rings. The highest BCUT2D eigenvalue weighted by atomic mass is 16.5. The Balaban J connectivity index is 2.20. The minimum atomic E-state index is 0.418. The molecule has 2 heteroatoms. The molecule has 0 aromatic heterocycles. The SMILES string of the molecule is CCCCC1=C(CCCC)[C@H]2COC[C@@H]2CC1=O. The van der Waals surface area contributed by atoms with Crippen molar-refractivity contribution >= 4 is 5.78 Å². The van der Waals surface area contributed by atoms with Crippen LogP contribution in [-0.4, -0.2) is 19.0 Å². The van der Waals surface area contributed by atoms with Gasteiger partial charge in [-0.15, -0.1) is 0 Å². The van der Waals surface area contributed by atoms with E-state index in [9.17, 15) is 4.79 Å². The molecule has 2 rings (SSSR count). The monoisotopic (exact) mass is 250 g/mol. The third kappa shape index (κ3) is 2.85. The molecular formula is C16H26O2. The van der Waals surface area contributed by atoms with Gasteiger partial charge in [0.15, 0.2) is 5.78 Å². The minimum absolute atomic E-state index is 0.418. The summed E-state index contributed by atoms with van der Waals surface area (Å²) in [5, 5.41) is 0. The fraction of sp³-hybridized carbons (Fsp3) is 0.812. The number of carbonyl (C=O) groups excluding carboxylic acids is 1. The van der Waals surface area contributed by atoms with Crippen molar-refractivity contribution < 1.29 is 9.53 Å². The first-order valence-electron chi connectivity index (χ1n) is 7.60. The van der Waals surface area contributed by atoms with Gasteiger partial charge in [-0.3, -0.25) is 4.79 Å². The van der Waals surface area contributed by atoms with Crippen LogP contribution in [0.4, 0.5) is 0 Å². The van der Waals surface area contributed by atoms with E-state index in [0.717, 1.165) is 38.9 Å². The second-order valence-corrected chi connectivity index (χ2v) is 5.74. The number of rotatable bonds is 6. The molecule has 1 heterocycles. The molecule has 1 aliphatic carbocycles. The van der Waals surface area contributed by atoms with Crippen LogP contribution in [0.2, 0.25) is 0 Å². The van der Waals surface area contributed by atoms with Gasteiger partial charge in [-0.25, -0.2) is 0 Å².